The number of aromatic nitrogens is 3. The van der Waals surface area contributed by atoms with Gasteiger partial charge in [-0.05, 0) is 36.4 Å². The summed E-state index contributed by atoms with van der Waals surface area (Å²) in [6.45, 7) is 4.21. The molecule has 20 heavy (non-hydrogen) atoms. The number of nitrogens with zero attached hydrogens (tertiary/aromatic N) is 3. The van der Waals surface area contributed by atoms with Crippen LogP contribution in [0.15, 0.2) is 29.8 Å². The predicted octanol–water partition coefficient (Wildman–Crippen LogP) is 3.77. The Hall–Kier alpha value is -1.88. The van der Waals surface area contributed by atoms with E-state index < -0.39 is 0 Å². The second kappa shape index (κ2) is 5.25. The first kappa shape index (κ1) is 13.1. The lowest BCUT2D eigenvalue weighted by Crippen LogP contribution is -2.12. The molecule has 0 aromatic carbocycles. The fourth-order valence-electron chi connectivity index (χ4n) is 2.56. The van der Waals surface area contributed by atoms with Crippen LogP contribution < -0.4 is 5.73 Å². The lowest BCUT2D eigenvalue weighted by molar-refractivity contribution is 0.557. The molecule has 0 aliphatic carbocycles. The predicted molar refractivity (Wildman–Crippen MR) is 84.0 cm³/mol. The fraction of sp³-hybridized carbons (Fsp3) is 0.333. The summed E-state index contributed by atoms with van der Waals surface area (Å²) in [4.78, 5) is 10.3. The fourth-order valence-corrected chi connectivity index (χ4v) is 3.41. The van der Waals surface area contributed by atoms with Gasteiger partial charge in [-0.1, -0.05) is 19.4 Å². The molecule has 4 nitrogen and oxygen atoms in total. The number of aryl methyl sites for hydroxylation is 1. The average Bonchev–Trinajstić information content (AvgIpc) is 3.03. The largest absolute Gasteiger partial charge is 0.369 e. The first-order valence-corrected chi connectivity index (χ1v) is 7.72. The Morgan fingerprint density at radius 2 is 2.30 bits per heavy atom. The minimum Gasteiger partial charge on any atom is -0.369 e. The summed E-state index contributed by atoms with van der Waals surface area (Å²) in [6, 6.07) is 6.49. The minimum atomic E-state index is 0.222. The van der Waals surface area contributed by atoms with E-state index in [1.165, 1.54) is 4.88 Å². The molecule has 0 radical (unpaired) electrons. The summed E-state index contributed by atoms with van der Waals surface area (Å²) < 4.78 is 2.07. The van der Waals surface area contributed by atoms with Crippen molar-refractivity contribution in [3.05, 3.63) is 40.2 Å². The maximum Gasteiger partial charge on any atom is 0.203 e. The van der Waals surface area contributed by atoms with Crippen LogP contribution in [0.1, 0.15) is 36.2 Å². The molecule has 3 aromatic rings. The van der Waals surface area contributed by atoms with Crippen LogP contribution in [0.5, 0.6) is 0 Å². The zero-order valence-electron chi connectivity index (χ0n) is 11.7. The van der Waals surface area contributed by atoms with Gasteiger partial charge >= 0.3 is 0 Å². The molecule has 104 valence electrons. The molecule has 0 saturated carbocycles. The van der Waals surface area contributed by atoms with Gasteiger partial charge in [0.15, 0.2) is 5.65 Å². The summed E-state index contributed by atoms with van der Waals surface area (Å²) >= 11 is 1.76. The van der Waals surface area contributed by atoms with E-state index in [1.807, 2.05) is 19.2 Å². The third-order valence-corrected chi connectivity index (χ3v) is 4.41. The maximum atomic E-state index is 6.16. The topological polar surface area (TPSA) is 56.7 Å². The van der Waals surface area contributed by atoms with Crippen LogP contribution in [0.25, 0.3) is 11.2 Å². The molecule has 3 heterocycles. The molecular weight excluding hydrogens is 268 g/mol. The van der Waals surface area contributed by atoms with Crippen LogP contribution in [-0.4, -0.2) is 14.5 Å². The molecule has 5 heteroatoms. The molecule has 0 aliphatic heterocycles. The van der Waals surface area contributed by atoms with E-state index in [1.54, 1.807) is 11.3 Å². The molecule has 3 aromatic heterocycles. The van der Waals surface area contributed by atoms with Crippen LogP contribution >= 0.6 is 11.3 Å². The monoisotopic (exact) mass is 286 g/mol. The van der Waals surface area contributed by atoms with Gasteiger partial charge in [-0.2, -0.15) is 0 Å². The van der Waals surface area contributed by atoms with Crippen molar-refractivity contribution in [1.29, 1.82) is 0 Å². The summed E-state index contributed by atoms with van der Waals surface area (Å²) in [6.07, 6.45) is 4.00. The number of nitrogens with two attached hydrogens (primary N) is 1. The second-order valence-electron chi connectivity index (χ2n) is 5.02. The van der Waals surface area contributed by atoms with Crippen molar-refractivity contribution in [2.75, 3.05) is 5.73 Å². The molecule has 3 rings (SSSR count). The summed E-state index contributed by atoms with van der Waals surface area (Å²) in [5.74, 6) is 0.546. The van der Waals surface area contributed by atoms with Gasteiger partial charge in [-0.15, -0.1) is 11.3 Å². The van der Waals surface area contributed by atoms with Crippen molar-refractivity contribution in [3.63, 3.8) is 0 Å². The molecule has 1 unspecified atom stereocenters. The Balaban J connectivity index is 2.18. The van der Waals surface area contributed by atoms with E-state index in [2.05, 4.69) is 39.0 Å². The number of rotatable bonds is 4. The number of imidazole rings is 1. The molecule has 2 N–H and O–H groups in total. The number of hydrogen-bond acceptors (Lipinski definition) is 4. The van der Waals surface area contributed by atoms with Gasteiger partial charge in [0.2, 0.25) is 5.95 Å². The molecular formula is C15H18N4S. The smallest absolute Gasteiger partial charge is 0.203 e. The highest BCUT2D eigenvalue weighted by molar-refractivity contribution is 7.10. The Morgan fingerprint density at radius 3 is 3.00 bits per heavy atom. The van der Waals surface area contributed by atoms with E-state index >= 15 is 0 Å². The molecule has 0 spiro atoms. The van der Waals surface area contributed by atoms with Crippen LogP contribution in [-0.2, 0) is 0 Å². The second-order valence-corrected chi connectivity index (χ2v) is 5.99. The molecule has 0 amide bonds. The van der Waals surface area contributed by atoms with Crippen molar-refractivity contribution in [3.8, 4) is 0 Å². The molecule has 0 fully saturated rings. The van der Waals surface area contributed by atoms with E-state index in [4.69, 9.17) is 5.73 Å². The Labute approximate surface area is 122 Å². The van der Waals surface area contributed by atoms with Crippen molar-refractivity contribution >= 4 is 28.4 Å². The molecule has 0 saturated heterocycles. The normalized spacial score (nSPS) is 12.9. The van der Waals surface area contributed by atoms with Crippen molar-refractivity contribution in [2.45, 2.75) is 32.7 Å². The quantitative estimate of drug-likeness (QED) is 0.794. The van der Waals surface area contributed by atoms with Gasteiger partial charge in [-0.3, -0.25) is 4.57 Å². The van der Waals surface area contributed by atoms with Crippen LogP contribution in [0.4, 0.5) is 5.95 Å². The zero-order chi connectivity index (χ0) is 14.1. The Bertz CT molecular complexity index is 715. The zero-order valence-corrected chi connectivity index (χ0v) is 12.5. The van der Waals surface area contributed by atoms with Crippen LogP contribution in [0.3, 0.4) is 0 Å². The molecule has 0 aliphatic rings. The van der Waals surface area contributed by atoms with E-state index in [0.29, 0.717) is 5.95 Å². The summed E-state index contributed by atoms with van der Waals surface area (Å²) in [5, 5.41) is 2.10. The number of nitrogen functional groups attached to an aromatic ring is 1. The minimum absolute atomic E-state index is 0.222. The summed E-state index contributed by atoms with van der Waals surface area (Å²) in [5.41, 5.74) is 9.01. The number of fused-ring (bicyclic) bond motifs is 1. The lowest BCUT2D eigenvalue weighted by Gasteiger charge is -2.18. The number of anilines is 1. The van der Waals surface area contributed by atoms with E-state index in [9.17, 15) is 0 Å². The highest BCUT2D eigenvalue weighted by atomic mass is 32.1. The molecule has 0 bridgehead atoms. The van der Waals surface area contributed by atoms with Crippen molar-refractivity contribution < 1.29 is 0 Å². The Morgan fingerprint density at radius 1 is 1.45 bits per heavy atom. The SMILES string of the molecule is CCCC(c1cccs1)n1c(N)nc2cc(C)cnc21. The number of hydrogen-bond donors (Lipinski definition) is 1. The van der Waals surface area contributed by atoms with Crippen LogP contribution in [0.2, 0.25) is 0 Å². The third kappa shape index (κ3) is 2.18. The van der Waals surface area contributed by atoms with E-state index in [-0.39, 0.29) is 6.04 Å². The van der Waals surface area contributed by atoms with Gasteiger partial charge in [0, 0.05) is 11.1 Å². The van der Waals surface area contributed by atoms with Gasteiger partial charge in [-0.25, -0.2) is 9.97 Å². The van der Waals surface area contributed by atoms with Crippen LogP contribution in [0, 0.1) is 6.92 Å². The Kier molecular flexibility index (Phi) is 3.44. The third-order valence-electron chi connectivity index (χ3n) is 3.44. The van der Waals surface area contributed by atoms with Gasteiger partial charge in [0.25, 0.3) is 0 Å². The first-order valence-electron chi connectivity index (χ1n) is 6.84. The van der Waals surface area contributed by atoms with E-state index in [0.717, 1.165) is 29.6 Å². The van der Waals surface area contributed by atoms with Gasteiger partial charge in [0.1, 0.15) is 5.52 Å². The van der Waals surface area contributed by atoms with Crippen molar-refractivity contribution in [1.82, 2.24) is 14.5 Å². The number of thiophene rings is 1. The highest BCUT2D eigenvalue weighted by Gasteiger charge is 2.20. The van der Waals surface area contributed by atoms with Gasteiger partial charge in [0.05, 0.1) is 6.04 Å². The number of pyridine rings is 1. The molecule has 1 atom stereocenters. The standard InChI is InChI=1S/C15H18N4S/c1-3-5-12(13-6-4-7-20-13)19-14-11(18-15(19)16)8-10(2)9-17-14/h4,6-9,12H,3,5H2,1-2H3,(H2,16,18). The maximum absolute atomic E-state index is 6.16. The summed E-state index contributed by atoms with van der Waals surface area (Å²) in [7, 11) is 0. The average molecular weight is 286 g/mol. The highest BCUT2D eigenvalue weighted by Crippen LogP contribution is 2.32. The first-order chi connectivity index (χ1) is 9.70. The van der Waals surface area contributed by atoms with Crippen molar-refractivity contribution in [2.24, 2.45) is 0 Å². The van der Waals surface area contributed by atoms with Gasteiger partial charge < -0.3 is 5.73 Å². The lowest BCUT2D eigenvalue weighted by atomic mass is 10.1.